The molecule has 0 spiro atoms. The van der Waals surface area contributed by atoms with E-state index in [9.17, 15) is 4.79 Å². The lowest BCUT2D eigenvalue weighted by Gasteiger charge is -2.22. The third kappa shape index (κ3) is 2.36. The Morgan fingerprint density at radius 3 is 2.72 bits per heavy atom. The summed E-state index contributed by atoms with van der Waals surface area (Å²) in [6.07, 6.45) is 1.54. The highest BCUT2D eigenvalue weighted by Gasteiger charge is 2.53. The van der Waals surface area contributed by atoms with Gasteiger partial charge >= 0.3 is 0 Å². The van der Waals surface area contributed by atoms with Gasteiger partial charge in [0.1, 0.15) is 0 Å². The summed E-state index contributed by atoms with van der Waals surface area (Å²) in [5, 5.41) is 0. The van der Waals surface area contributed by atoms with Gasteiger partial charge in [-0.25, -0.2) is 0 Å². The fraction of sp³-hybridized carbons (Fsp3) is 0.462. The largest absolute Gasteiger partial charge is 0.392 e. The Hall–Kier alpha value is -1.49. The Bertz CT molecular complexity index is 497. The van der Waals surface area contributed by atoms with E-state index >= 15 is 0 Å². The molecule has 1 aliphatic carbocycles. The zero-order valence-electron chi connectivity index (χ0n) is 10.6. The number of amides is 1. The lowest BCUT2D eigenvalue weighted by atomic mass is 10.1. The molecular formula is C13H17N3OS. The normalized spacial score (nSPS) is 16.1. The number of thiocarbonyl (C=S) groups is 1. The van der Waals surface area contributed by atoms with E-state index in [0.717, 1.165) is 24.2 Å². The SMILES string of the molecule is Cc1cccc(CN(C)C(=O)C2(C(N)=S)CC2)n1. The minimum atomic E-state index is -0.575. The number of hydrogen-bond donors (Lipinski definition) is 1. The zero-order chi connectivity index (χ0) is 13.3. The minimum Gasteiger partial charge on any atom is -0.392 e. The van der Waals surface area contributed by atoms with Gasteiger partial charge in [-0.05, 0) is 31.9 Å². The molecule has 2 N–H and O–H groups in total. The summed E-state index contributed by atoms with van der Waals surface area (Å²) in [6.45, 7) is 2.42. The Kier molecular flexibility index (Phi) is 3.34. The van der Waals surface area contributed by atoms with Crippen molar-refractivity contribution in [1.82, 2.24) is 9.88 Å². The number of carbonyl (C=O) groups excluding carboxylic acids is 1. The Morgan fingerprint density at radius 2 is 2.22 bits per heavy atom. The van der Waals surface area contributed by atoms with Gasteiger partial charge in [0, 0.05) is 12.7 Å². The predicted octanol–water partition coefficient (Wildman–Crippen LogP) is 1.41. The highest BCUT2D eigenvalue weighted by Crippen LogP contribution is 2.47. The lowest BCUT2D eigenvalue weighted by molar-refractivity contribution is -0.133. The van der Waals surface area contributed by atoms with Crippen LogP contribution in [-0.2, 0) is 11.3 Å². The van der Waals surface area contributed by atoms with E-state index in [1.165, 1.54) is 0 Å². The molecule has 18 heavy (non-hydrogen) atoms. The van der Waals surface area contributed by atoms with Crippen LogP contribution in [0.15, 0.2) is 18.2 Å². The van der Waals surface area contributed by atoms with Crippen molar-refractivity contribution in [1.29, 1.82) is 0 Å². The molecule has 0 bridgehead atoms. The summed E-state index contributed by atoms with van der Waals surface area (Å²) < 4.78 is 0. The Balaban J connectivity index is 2.07. The maximum Gasteiger partial charge on any atom is 0.235 e. The maximum absolute atomic E-state index is 12.3. The van der Waals surface area contributed by atoms with E-state index in [-0.39, 0.29) is 5.91 Å². The molecule has 5 heteroatoms. The molecule has 2 rings (SSSR count). The smallest absolute Gasteiger partial charge is 0.235 e. The zero-order valence-corrected chi connectivity index (χ0v) is 11.5. The minimum absolute atomic E-state index is 0.0123. The van der Waals surface area contributed by atoms with Crippen molar-refractivity contribution < 1.29 is 4.79 Å². The number of aromatic nitrogens is 1. The molecule has 1 saturated carbocycles. The van der Waals surface area contributed by atoms with Gasteiger partial charge in [-0.15, -0.1) is 0 Å². The number of nitrogens with two attached hydrogens (primary N) is 1. The van der Waals surface area contributed by atoms with Crippen molar-refractivity contribution >= 4 is 23.1 Å². The second kappa shape index (κ2) is 4.65. The average Bonchev–Trinajstić information content (AvgIpc) is 3.09. The molecule has 0 aromatic carbocycles. The lowest BCUT2D eigenvalue weighted by Crippen LogP contribution is -2.40. The first-order valence-electron chi connectivity index (χ1n) is 5.94. The molecule has 1 fully saturated rings. The predicted molar refractivity (Wildman–Crippen MR) is 73.9 cm³/mol. The van der Waals surface area contributed by atoms with Crippen LogP contribution in [0.25, 0.3) is 0 Å². The fourth-order valence-electron chi connectivity index (χ4n) is 2.06. The standard InChI is InChI=1S/C13H17N3OS/c1-9-4-3-5-10(15-9)8-16(2)12(17)13(6-7-13)11(14)18/h3-5H,6-8H2,1-2H3,(H2,14,18). The van der Waals surface area contributed by atoms with Crippen LogP contribution >= 0.6 is 12.2 Å². The molecule has 0 atom stereocenters. The van der Waals surface area contributed by atoms with Crippen LogP contribution in [0.3, 0.4) is 0 Å². The van der Waals surface area contributed by atoms with Crippen molar-refractivity contribution in [2.75, 3.05) is 7.05 Å². The highest BCUT2D eigenvalue weighted by atomic mass is 32.1. The second-order valence-corrected chi connectivity index (χ2v) is 5.32. The summed E-state index contributed by atoms with van der Waals surface area (Å²) in [4.78, 5) is 18.7. The molecular weight excluding hydrogens is 246 g/mol. The number of hydrogen-bond acceptors (Lipinski definition) is 3. The van der Waals surface area contributed by atoms with Crippen molar-refractivity contribution in [3.05, 3.63) is 29.6 Å². The number of rotatable bonds is 4. The summed E-state index contributed by atoms with van der Waals surface area (Å²) >= 11 is 4.99. The van der Waals surface area contributed by atoms with Crippen molar-refractivity contribution in [2.45, 2.75) is 26.3 Å². The molecule has 1 heterocycles. The molecule has 96 valence electrons. The first-order valence-corrected chi connectivity index (χ1v) is 6.34. The second-order valence-electron chi connectivity index (χ2n) is 4.88. The summed E-state index contributed by atoms with van der Waals surface area (Å²) in [5.41, 5.74) is 6.91. The first kappa shape index (κ1) is 13.0. The van der Waals surface area contributed by atoms with E-state index in [0.29, 0.717) is 11.5 Å². The fourth-order valence-corrected chi connectivity index (χ4v) is 2.35. The van der Waals surface area contributed by atoms with Crippen molar-refractivity contribution in [3.8, 4) is 0 Å². The molecule has 1 aromatic heterocycles. The van der Waals surface area contributed by atoms with Crippen LogP contribution in [0.4, 0.5) is 0 Å². The van der Waals surface area contributed by atoms with Gasteiger partial charge in [0.2, 0.25) is 5.91 Å². The highest BCUT2D eigenvalue weighted by molar-refractivity contribution is 7.80. The van der Waals surface area contributed by atoms with Crippen LogP contribution in [0, 0.1) is 12.3 Å². The monoisotopic (exact) mass is 263 g/mol. The van der Waals surface area contributed by atoms with Gasteiger partial charge in [0.25, 0.3) is 0 Å². The number of aryl methyl sites for hydroxylation is 1. The van der Waals surface area contributed by atoms with E-state index in [1.807, 2.05) is 25.1 Å². The van der Waals surface area contributed by atoms with E-state index in [2.05, 4.69) is 4.98 Å². The molecule has 1 amide bonds. The third-order valence-corrected chi connectivity index (χ3v) is 3.71. The molecule has 1 aromatic rings. The van der Waals surface area contributed by atoms with Gasteiger partial charge in [0.15, 0.2) is 0 Å². The van der Waals surface area contributed by atoms with E-state index in [4.69, 9.17) is 18.0 Å². The van der Waals surface area contributed by atoms with E-state index < -0.39 is 5.41 Å². The average molecular weight is 263 g/mol. The topological polar surface area (TPSA) is 59.2 Å². The van der Waals surface area contributed by atoms with Crippen LogP contribution in [0.5, 0.6) is 0 Å². The van der Waals surface area contributed by atoms with Crippen LogP contribution < -0.4 is 5.73 Å². The first-order chi connectivity index (χ1) is 8.45. The molecule has 0 radical (unpaired) electrons. The van der Waals surface area contributed by atoms with Crippen molar-refractivity contribution in [3.63, 3.8) is 0 Å². The van der Waals surface area contributed by atoms with Crippen LogP contribution in [0.1, 0.15) is 24.2 Å². The molecule has 4 nitrogen and oxygen atoms in total. The number of pyridine rings is 1. The molecule has 0 unspecified atom stereocenters. The van der Waals surface area contributed by atoms with Crippen LogP contribution in [0.2, 0.25) is 0 Å². The van der Waals surface area contributed by atoms with Gasteiger partial charge < -0.3 is 10.6 Å². The van der Waals surface area contributed by atoms with Crippen LogP contribution in [-0.4, -0.2) is 27.8 Å². The summed E-state index contributed by atoms with van der Waals surface area (Å²) in [5.74, 6) is 0.0123. The van der Waals surface area contributed by atoms with Gasteiger partial charge in [-0.3, -0.25) is 9.78 Å². The quantitative estimate of drug-likeness (QED) is 0.835. The maximum atomic E-state index is 12.3. The third-order valence-electron chi connectivity index (χ3n) is 3.32. The summed E-state index contributed by atoms with van der Waals surface area (Å²) in [7, 11) is 1.77. The summed E-state index contributed by atoms with van der Waals surface area (Å²) in [6, 6.07) is 5.79. The Labute approximate surface area is 112 Å². The van der Waals surface area contributed by atoms with Gasteiger partial charge in [0.05, 0.1) is 22.6 Å². The van der Waals surface area contributed by atoms with E-state index in [1.54, 1.807) is 11.9 Å². The number of nitrogens with zero attached hydrogens (tertiary/aromatic N) is 2. The number of carbonyl (C=O) groups is 1. The van der Waals surface area contributed by atoms with Crippen molar-refractivity contribution in [2.24, 2.45) is 11.1 Å². The molecule has 0 saturated heterocycles. The van der Waals surface area contributed by atoms with Gasteiger partial charge in [-0.2, -0.15) is 0 Å². The molecule has 0 aliphatic heterocycles. The Morgan fingerprint density at radius 1 is 1.56 bits per heavy atom. The van der Waals surface area contributed by atoms with Gasteiger partial charge in [-0.1, -0.05) is 18.3 Å². The molecule has 1 aliphatic rings.